The van der Waals surface area contributed by atoms with Crippen molar-refractivity contribution < 1.29 is 29.0 Å². The molecule has 1 saturated carbocycles. The van der Waals surface area contributed by atoms with E-state index in [9.17, 15) is 14.4 Å². The molecular weight excluding hydrogens is 448 g/mol. The van der Waals surface area contributed by atoms with E-state index in [2.05, 4.69) is 34.9 Å². The second-order valence-electron chi connectivity index (χ2n) is 9.31. The summed E-state index contributed by atoms with van der Waals surface area (Å²) < 4.78 is 10.7. The molecule has 186 valence electrons. The van der Waals surface area contributed by atoms with E-state index in [0.717, 1.165) is 12.8 Å². The number of hydrogen-bond donors (Lipinski definition) is 3. The Kier molecular flexibility index (Phi) is 8.02. The van der Waals surface area contributed by atoms with Gasteiger partial charge >= 0.3 is 12.1 Å². The number of fused-ring (bicyclic) bond motifs is 3. The van der Waals surface area contributed by atoms with Crippen LogP contribution in [-0.2, 0) is 19.1 Å². The number of nitrogens with one attached hydrogen (secondary N) is 2. The Morgan fingerprint density at radius 1 is 1.03 bits per heavy atom. The molecule has 0 bridgehead atoms. The van der Waals surface area contributed by atoms with Gasteiger partial charge in [-0.25, -0.2) is 4.79 Å². The number of alkyl carbamates (subject to hydrolysis) is 1. The van der Waals surface area contributed by atoms with Crippen LogP contribution in [0, 0.1) is 5.92 Å². The van der Waals surface area contributed by atoms with E-state index >= 15 is 0 Å². The third-order valence-corrected chi connectivity index (χ3v) is 6.94. The van der Waals surface area contributed by atoms with Gasteiger partial charge in [0.25, 0.3) is 0 Å². The number of hydrogen-bond acceptors (Lipinski definition) is 5. The molecule has 0 radical (unpaired) electrons. The third-order valence-electron chi connectivity index (χ3n) is 6.94. The van der Waals surface area contributed by atoms with Crippen LogP contribution in [-0.4, -0.2) is 55.5 Å². The maximum atomic E-state index is 12.5. The number of aliphatic carboxylic acids is 1. The van der Waals surface area contributed by atoms with Crippen LogP contribution < -0.4 is 10.6 Å². The van der Waals surface area contributed by atoms with Crippen molar-refractivity contribution >= 4 is 18.0 Å². The second-order valence-corrected chi connectivity index (χ2v) is 9.31. The summed E-state index contributed by atoms with van der Waals surface area (Å²) in [6.45, 7) is 0.436. The number of ether oxygens (including phenoxy) is 2. The Hall–Kier alpha value is -3.39. The molecule has 2 aromatic carbocycles. The zero-order valence-electron chi connectivity index (χ0n) is 19.9. The number of methoxy groups -OCH3 is 1. The van der Waals surface area contributed by atoms with Gasteiger partial charge in [0.15, 0.2) is 0 Å². The van der Waals surface area contributed by atoms with Crippen LogP contribution in [0.2, 0.25) is 0 Å². The number of benzene rings is 2. The molecule has 1 unspecified atom stereocenters. The van der Waals surface area contributed by atoms with Gasteiger partial charge in [0.1, 0.15) is 6.61 Å². The normalized spacial score (nSPS) is 19.5. The van der Waals surface area contributed by atoms with Crippen LogP contribution in [0.25, 0.3) is 11.1 Å². The van der Waals surface area contributed by atoms with Crippen molar-refractivity contribution in [2.45, 2.75) is 50.2 Å². The number of rotatable bonds is 10. The molecule has 8 nitrogen and oxygen atoms in total. The molecule has 35 heavy (non-hydrogen) atoms. The third kappa shape index (κ3) is 6.19. The Labute approximate surface area is 205 Å². The lowest BCUT2D eigenvalue weighted by molar-refractivity contribution is -0.140. The second kappa shape index (κ2) is 11.4. The molecule has 0 aliphatic heterocycles. The van der Waals surface area contributed by atoms with E-state index in [1.807, 2.05) is 24.3 Å². The van der Waals surface area contributed by atoms with Crippen LogP contribution in [0.1, 0.15) is 49.1 Å². The molecule has 0 aromatic heterocycles. The average Bonchev–Trinajstić information content (AvgIpc) is 3.41. The van der Waals surface area contributed by atoms with Gasteiger partial charge in [-0.3, -0.25) is 9.59 Å². The van der Waals surface area contributed by atoms with Gasteiger partial charge in [-0.2, -0.15) is 0 Å². The number of carbonyl (C=O) groups is 3. The van der Waals surface area contributed by atoms with Gasteiger partial charge in [0.05, 0.1) is 12.5 Å². The van der Waals surface area contributed by atoms with E-state index in [-0.39, 0.29) is 43.4 Å². The molecule has 2 aromatic rings. The zero-order valence-corrected chi connectivity index (χ0v) is 19.9. The highest BCUT2D eigenvalue weighted by Crippen LogP contribution is 2.44. The van der Waals surface area contributed by atoms with Gasteiger partial charge in [-0.1, -0.05) is 48.5 Å². The molecule has 3 N–H and O–H groups in total. The molecular formula is C27H32N2O6. The first-order chi connectivity index (χ1) is 16.9. The van der Waals surface area contributed by atoms with Gasteiger partial charge in [-0.05, 0) is 47.4 Å². The van der Waals surface area contributed by atoms with Gasteiger partial charge < -0.3 is 25.2 Å². The van der Waals surface area contributed by atoms with Gasteiger partial charge in [0.2, 0.25) is 5.91 Å². The molecule has 4 rings (SSSR count). The SMILES string of the molecule is COC(CNC(=O)C[C@@H]1CC[C@H](NC(=O)OCC2c3ccccc3-c3ccccc32)C1)CC(=O)O. The fourth-order valence-electron chi connectivity index (χ4n) is 5.19. The van der Waals surface area contributed by atoms with Crippen molar-refractivity contribution in [3.05, 3.63) is 59.7 Å². The first kappa shape index (κ1) is 24.7. The summed E-state index contributed by atoms with van der Waals surface area (Å²) >= 11 is 0. The highest BCUT2D eigenvalue weighted by molar-refractivity contribution is 5.79. The average molecular weight is 481 g/mol. The summed E-state index contributed by atoms with van der Waals surface area (Å²) in [6, 6.07) is 16.4. The van der Waals surface area contributed by atoms with Gasteiger partial charge in [-0.15, -0.1) is 0 Å². The van der Waals surface area contributed by atoms with E-state index in [0.29, 0.717) is 12.8 Å². The zero-order chi connectivity index (χ0) is 24.8. The monoisotopic (exact) mass is 480 g/mol. The lowest BCUT2D eigenvalue weighted by Crippen LogP contribution is -2.36. The van der Waals surface area contributed by atoms with Crippen molar-refractivity contribution in [2.24, 2.45) is 5.92 Å². The Bertz CT molecular complexity index is 1030. The van der Waals surface area contributed by atoms with Crippen molar-refractivity contribution in [1.82, 2.24) is 10.6 Å². The lowest BCUT2D eigenvalue weighted by Gasteiger charge is -2.17. The fourth-order valence-corrected chi connectivity index (χ4v) is 5.19. The Morgan fingerprint density at radius 3 is 2.31 bits per heavy atom. The summed E-state index contributed by atoms with van der Waals surface area (Å²) in [5.74, 6) is -0.923. The first-order valence-electron chi connectivity index (χ1n) is 12.1. The van der Waals surface area contributed by atoms with Crippen LogP contribution in [0.5, 0.6) is 0 Å². The highest BCUT2D eigenvalue weighted by atomic mass is 16.5. The largest absolute Gasteiger partial charge is 0.481 e. The van der Waals surface area contributed by atoms with E-state index in [4.69, 9.17) is 14.6 Å². The van der Waals surface area contributed by atoms with Crippen LogP contribution in [0.4, 0.5) is 4.79 Å². The Balaban J connectivity index is 1.21. The predicted octanol–water partition coefficient (Wildman–Crippen LogP) is 3.69. The fraction of sp³-hybridized carbons (Fsp3) is 0.444. The minimum absolute atomic E-state index is 0.0187. The lowest BCUT2D eigenvalue weighted by atomic mass is 9.98. The molecule has 0 heterocycles. The standard InChI is InChI=1S/C27H32N2O6/c1-34-19(14-26(31)32)15-28-25(30)13-17-10-11-18(12-17)29-27(33)35-16-24-22-8-4-2-6-20(22)21-7-3-5-9-23(21)24/h2-9,17-19,24H,10-16H2,1H3,(H,28,30)(H,29,33)(H,31,32)/t17-,18+,19?/m1/s1. The van der Waals surface area contributed by atoms with Crippen molar-refractivity contribution in [3.63, 3.8) is 0 Å². The minimum atomic E-state index is -0.968. The summed E-state index contributed by atoms with van der Waals surface area (Å²) in [5.41, 5.74) is 4.72. The van der Waals surface area contributed by atoms with Crippen molar-refractivity contribution in [1.29, 1.82) is 0 Å². The maximum absolute atomic E-state index is 12.5. The van der Waals surface area contributed by atoms with Gasteiger partial charge in [0, 0.05) is 32.0 Å². The molecule has 2 amide bonds. The van der Waals surface area contributed by atoms with Crippen LogP contribution in [0.15, 0.2) is 48.5 Å². The summed E-state index contributed by atoms with van der Waals surface area (Å²) in [7, 11) is 1.43. The van der Waals surface area contributed by atoms with E-state index in [1.54, 1.807) is 0 Å². The molecule has 2 aliphatic carbocycles. The van der Waals surface area contributed by atoms with E-state index < -0.39 is 18.2 Å². The maximum Gasteiger partial charge on any atom is 0.407 e. The summed E-state index contributed by atoms with van der Waals surface area (Å²) in [5, 5.41) is 14.6. The number of carbonyl (C=O) groups excluding carboxylic acids is 2. The smallest absolute Gasteiger partial charge is 0.407 e. The molecule has 1 fully saturated rings. The quantitative estimate of drug-likeness (QED) is 0.478. The van der Waals surface area contributed by atoms with E-state index in [1.165, 1.54) is 29.4 Å². The van der Waals surface area contributed by atoms with Crippen molar-refractivity contribution in [3.8, 4) is 11.1 Å². The number of amides is 2. The highest BCUT2D eigenvalue weighted by Gasteiger charge is 2.31. The topological polar surface area (TPSA) is 114 Å². The predicted molar refractivity (Wildman–Crippen MR) is 130 cm³/mol. The first-order valence-corrected chi connectivity index (χ1v) is 12.1. The Morgan fingerprint density at radius 2 is 1.69 bits per heavy atom. The van der Waals surface area contributed by atoms with Crippen LogP contribution >= 0.6 is 0 Å². The number of carboxylic acid groups (broad SMARTS) is 1. The minimum Gasteiger partial charge on any atom is -0.481 e. The summed E-state index contributed by atoms with van der Waals surface area (Å²) in [4.78, 5) is 35.6. The molecule has 2 aliphatic rings. The van der Waals surface area contributed by atoms with Crippen LogP contribution in [0.3, 0.4) is 0 Å². The molecule has 8 heteroatoms. The molecule has 3 atom stereocenters. The molecule has 0 spiro atoms. The summed E-state index contributed by atoms with van der Waals surface area (Å²) in [6.07, 6.45) is 1.53. The van der Waals surface area contributed by atoms with Crippen molar-refractivity contribution in [2.75, 3.05) is 20.3 Å². The number of carboxylic acids is 1. The molecule has 0 saturated heterocycles.